The van der Waals surface area contributed by atoms with Crippen LogP contribution in [0.15, 0.2) is 30.5 Å². The number of hydrogen-bond donors (Lipinski definition) is 1. The molecule has 0 fully saturated rings. The Morgan fingerprint density at radius 3 is 3.14 bits per heavy atom. The first-order chi connectivity index (χ1) is 10.2. The lowest BCUT2D eigenvalue weighted by atomic mass is 10.1. The van der Waals surface area contributed by atoms with Crippen molar-refractivity contribution in [3.05, 3.63) is 53.1 Å². The van der Waals surface area contributed by atoms with Gasteiger partial charge in [-0.1, -0.05) is 0 Å². The Labute approximate surface area is 119 Å². The minimum Gasteiger partial charge on any atom is -0.486 e. The molecule has 2 heterocycles. The van der Waals surface area contributed by atoms with Gasteiger partial charge in [0.05, 0.1) is 5.56 Å². The summed E-state index contributed by atoms with van der Waals surface area (Å²) in [5.41, 5.74) is 1.35. The quantitative estimate of drug-likeness (QED) is 0.877. The maximum absolute atomic E-state index is 13.1. The van der Waals surface area contributed by atoms with Gasteiger partial charge in [0, 0.05) is 18.2 Å². The van der Waals surface area contributed by atoms with Crippen molar-refractivity contribution < 1.29 is 18.7 Å². The van der Waals surface area contributed by atoms with Gasteiger partial charge in [-0.3, -0.25) is 0 Å². The first-order valence-electron chi connectivity index (χ1n) is 6.36. The van der Waals surface area contributed by atoms with Crippen LogP contribution in [0.2, 0.25) is 0 Å². The Hall–Kier alpha value is -2.81. The number of nitrogens with zero attached hydrogens (tertiary/aromatic N) is 1. The highest BCUT2D eigenvalue weighted by Gasteiger charge is 2.25. The highest BCUT2D eigenvalue weighted by atomic mass is 19.1. The van der Waals surface area contributed by atoms with Gasteiger partial charge < -0.3 is 14.5 Å². The molecule has 0 aliphatic carbocycles. The van der Waals surface area contributed by atoms with E-state index in [2.05, 4.69) is 4.98 Å². The van der Waals surface area contributed by atoms with E-state index >= 15 is 0 Å². The van der Waals surface area contributed by atoms with Gasteiger partial charge in [-0.15, -0.1) is 0 Å². The molecule has 3 rings (SSSR count). The first-order valence-corrected chi connectivity index (χ1v) is 6.36. The molecule has 0 radical (unpaired) electrons. The minimum absolute atomic E-state index is 0.0716. The Bertz CT molecular complexity index is 733. The molecule has 0 saturated carbocycles. The number of halogens is 1. The summed E-state index contributed by atoms with van der Waals surface area (Å²) in [6.45, 7) is 0.0716. The minimum atomic E-state index is -0.529. The van der Waals surface area contributed by atoms with Crippen LogP contribution in [-0.4, -0.2) is 23.7 Å². The van der Waals surface area contributed by atoms with Crippen molar-refractivity contribution in [1.82, 2.24) is 4.98 Å². The van der Waals surface area contributed by atoms with Gasteiger partial charge >= 0.3 is 5.97 Å². The maximum Gasteiger partial charge on any atom is 0.339 e. The fourth-order valence-corrected chi connectivity index (χ4v) is 2.21. The van der Waals surface area contributed by atoms with Crippen LogP contribution in [-0.2, 0) is 11.2 Å². The second-order valence-electron chi connectivity index (χ2n) is 4.71. The van der Waals surface area contributed by atoms with Gasteiger partial charge in [0.2, 0.25) is 0 Å². The molecular formula is C15H11FN2O3. The van der Waals surface area contributed by atoms with Gasteiger partial charge in [-0.25, -0.2) is 9.18 Å². The predicted octanol–water partition coefficient (Wildman–Crippen LogP) is 2.19. The zero-order chi connectivity index (χ0) is 14.8. The van der Waals surface area contributed by atoms with E-state index in [1.807, 2.05) is 6.07 Å². The zero-order valence-corrected chi connectivity index (χ0v) is 10.9. The van der Waals surface area contributed by atoms with Crippen LogP contribution in [0, 0.1) is 17.1 Å². The fourth-order valence-electron chi connectivity index (χ4n) is 2.21. The molecular weight excluding hydrogens is 275 g/mol. The lowest BCUT2D eigenvalue weighted by molar-refractivity contribution is 0.0347. The molecule has 106 valence electrons. The number of aromatic amines is 1. The maximum atomic E-state index is 13.1. The predicted molar refractivity (Wildman–Crippen MR) is 70.3 cm³/mol. The third-order valence-electron chi connectivity index (χ3n) is 3.20. The summed E-state index contributed by atoms with van der Waals surface area (Å²) in [6.07, 6.45) is 1.59. The van der Waals surface area contributed by atoms with Crippen molar-refractivity contribution in [2.24, 2.45) is 0 Å². The van der Waals surface area contributed by atoms with Gasteiger partial charge in [0.15, 0.2) is 0 Å². The van der Waals surface area contributed by atoms with Crippen LogP contribution < -0.4 is 4.74 Å². The van der Waals surface area contributed by atoms with Crippen LogP contribution >= 0.6 is 0 Å². The number of esters is 1. The number of H-pyrrole nitrogens is 1. The summed E-state index contributed by atoms with van der Waals surface area (Å²) in [5.74, 6) is -0.226. The number of fused-ring (bicyclic) bond motifs is 1. The van der Waals surface area contributed by atoms with Crippen molar-refractivity contribution in [2.45, 2.75) is 12.5 Å². The summed E-state index contributed by atoms with van der Waals surface area (Å²) < 4.78 is 23.8. The third kappa shape index (κ3) is 2.72. The van der Waals surface area contributed by atoms with E-state index in [0.717, 1.165) is 5.56 Å². The van der Waals surface area contributed by atoms with Gasteiger partial charge in [0.25, 0.3) is 0 Å². The van der Waals surface area contributed by atoms with Gasteiger partial charge in [-0.05, 0) is 24.3 Å². The number of ether oxygens (including phenoxy) is 2. The number of rotatable bonds is 3. The average molecular weight is 286 g/mol. The number of aromatic nitrogens is 1. The molecule has 1 aliphatic rings. The van der Waals surface area contributed by atoms with Crippen LogP contribution in [0.1, 0.15) is 21.6 Å². The van der Waals surface area contributed by atoms with E-state index in [1.54, 1.807) is 6.07 Å². The molecule has 1 atom stereocenters. The summed E-state index contributed by atoms with van der Waals surface area (Å²) >= 11 is 0. The topological polar surface area (TPSA) is 75.1 Å². The first kappa shape index (κ1) is 13.2. The van der Waals surface area contributed by atoms with Gasteiger partial charge in [0.1, 0.15) is 36.0 Å². The summed E-state index contributed by atoms with van der Waals surface area (Å²) in [5, 5.41) is 8.67. The van der Waals surface area contributed by atoms with Crippen molar-refractivity contribution >= 4 is 5.97 Å². The molecule has 1 aromatic carbocycles. The molecule has 5 nitrogen and oxygen atoms in total. The van der Waals surface area contributed by atoms with Gasteiger partial charge in [-0.2, -0.15) is 5.26 Å². The number of nitriles is 1. The highest BCUT2D eigenvalue weighted by molar-refractivity contribution is 5.89. The third-order valence-corrected chi connectivity index (χ3v) is 3.20. The van der Waals surface area contributed by atoms with Crippen molar-refractivity contribution in [2.75, 3.05) is 6.61 Å². The second kappa shape index (κ2) is 5.29. The standard InChI is InChI=1S/C15H11FN2O3/c16-11-1-2-14-9(3-11)5-13(21-14)8-20-15(19)10-4-12(6-17)18-7-10/h1-4,7,13,18H,5,8H2. The molecule has 2 aromatic rings. The zero-order valence-electron chi connectivity index (χ0n) is 10.9. The number of benzene rings is 1. The molecule has 1 aromatic heterocycles. The normalized spacial score (nSPS) is 15.9. The lowest BCUT2D eigenvalue weighted by Gasteiger charge is -2.10. The van der Waals surface area contributed by atoms with Crippen molar-refractivity contribution in [1.29, 1.82) is 5.26 Å². The molecule has 0 amide bonds. The highest BCUT2D eigenvalue weighted by Crippen LogP contribution is 2.29. The Kier molecular flexibility index (Phi) is 3.32. The smallest absolute Gasteiger partial charge is 0.339 e. The average Bonchev–Trinajstić information content (AvgIpc) is 3.10. The summed E-state index contributed by atoms with van der Waals surface area (Å²) in [4.78, 5) is 14.4. The second-order valence-corrected chi connectivity index (χ2v) is 4.71. The van der Waals surface area contributed by atoms with E-state index in [1.165, 1.54) is 24.4 Å². The van der Waals surface area contributed by atoms with Crippen molar-refractivity contribution in [3.8, 4) is 11.8 Å². The van der Waals surface area contributed by atoms with E-state index in [-0.39, 0.29) is 24.1 Å². The largest absolute Gasteiger partial charge is 0.486 e. The molecule has 6 heteroatoms. The molecule has 1 unspecified atom stereocenters. The number of hydrogen-bond acceptors (Lipinski definition) is 4. The van der Waals surface area contributed by atoms with E-state index in [9.17, 15) is 9.18 Å². The Morgan fingerprint density at radius 1 is 1.52 bits per heavy atom. The summed E-state index contributed by atoms with van der Waals surface area (Å²) in [7, 11) is 0. The van der Waals surface area contributed by atoms with E-state index < -0.39 is 5.97 Å². The number of nitrogens with one attached hydrogen (secondary N) is 1. The fraction of sp³-hybridized carbons (Fsp3) is 0.200. The lowest BCUT2D eigenvalue weighted by Crippen LogP contribution is -2.22. The molecule has 0 saturated heterocycles. The van der Waals surface area contributed by atoms with E-state index in [0.29, 0.717) is 17.9 Å². The Balaban J connectivity index is 1.57. The molecule has 1 aliphatic heterocycles. The Morgan fingerprint density at radius 2 is 2.38 bits per heavy atom. The number of carbonyl (C=O) groups excluding carboxylic acids is 1. The summed E-state index contributed by atoms with van der Waals surface area (Å²) in [6, 6.07) is 7.63. The molecule has 0 bridgehead atoms. The van der Waals surface area contributed by atoms with Crippen molar-refractivity contribution in [3.63, 3.8) is 0 Å². The van der Waals surface area contributed by atoms with Crippen LogP contribution in [0.5, 0.6) is 5.75 Å². The van der Waals surface area contributed by atoms with Crippen LogP contribution in [0.4, 0.5) is 4.39 Å². The van der Waals surface area contributed by atoms with E-state index in [4.69, 9.17) is 14.7 Å². The van der Waals surface area contributed by atoms with Crippen LogP contribution in [0.3, 0.4) is 0 Å². The molecule has 1 N–H and O–H groups in total. The molecule has 0 spiro atoms. The molecule has 21 heavy (non-hydrogen) atoms. The number of carbonyl (C=O) groups is 1. The van der Waals surface area contributed by atoms with Crippen LogP contribution in [0.25, 0.3) is 0 Å². The monoisotopic (exact) mass is 286 g/mol. The SMILES string of the molecule is N#Cc1cc(C(=O)OCC2Cc3cc(F)ccc3O2)c[nH]1.